The molecule has 1 rings (SSSR count). The molecule has 0 amide bonds. The lowest BCUT2D eigenvalue weighted by molar-refractivity contribution is -0.385. The highest BCUT2D eigenvalue weighted by atomic mass is 79.9. The van der Waals surface area contributed by atoms with Crippen molar-refractivity contribution in [1.29, 1.82) is 0 Å². The number of anilines is 1. The first-order chi connectivity index (χ1) is 6.43. The molecule has 1 aromatic rings. The first-order valence-electron chi connectivity index (χ1n) is 4.05. The highest BCUT2D eigenvalue weighted by Crippen LogP contribution is 2.32. The molecule has 14 heavy (non-hydrogen) atoms. The van der Waals surface area contributed by atoms with Crippen LogP contribution in [-0.4, -0.2) is 19.0 Å². The lowest BCUT2D eigenvalue weighted by Gasteiger charge is -2.13. The predicted octanol–water partition coefficient (Wildman–Crippen LogP) is 2.73. The maximum absolute atomic E-state index is 10.7. The maximum Gasteiger partial charge on any atom is 0.285 e. The standard InChI is InChI=1S/C9H11BrN2O2/c1-6-4-7(11(2)3)5-8(9(6)10)12(13)14/h4-5H,1-3H3. The van der Waals surface area contributed by atoms with Crippen LogP contribution in [0.4, 0.5) is 11.4 Å². The molecule has 0 N–H and O–H groups in total. The molecule has 0 saturated heterocycles. The number of nitrogens with zero attached hydrogens (tertiary/aromatic N) is 2. The number of hydrogen-bond donors (Lipinski definition) is 0. The molecule has 0 aliphatic rings. The maximum atomic E-state index is 10.7. The summed E-state index contributed by atoms with van der Waals surface area (Å²) in [5.41, 5.74) is 1.80. The van der Waals surface area contributed by atoms with Crippen molar-refractivity contribution in [2.75, 3.05) is 19.0 Å². The van der Waals surface area contributed by atoms with E-state index in [1.807, 2.05) is 32.0 Å². The summed E-state index contributed by atoms with van der Waals surface area (Å²) in [6, 6.07) is 3.45. The van der Waals surface area contributed by atoms with E-state index in [1.165, 1.54) is 0 Å². The van der Waals surface area contributed by atoms with Crippen molar-refractivity contribution in [1.82, 2.24) is 0 Å². The van der Waals surface area contributed by atoms with Crippen LogP contribution in [0.5, 0.6) is 0 Å². The highest BCUT2D eigenvalue weighted by molar-refractivity contribution is 9.10. The molecule has 0 atom stereocenters. The van der Waals surface area contributed by atoms with Crippen LogP contribution >= 0.6 is 15.9 Å². The van der Waals surface area contributed by atoms with E-state index in [0.29, 0.717) is 4.47 Å². The first-order valence-corrected chi connectivity index (χ1v) is 4.84. The van der Waals surface area contributed by atoms with Crippen molar-refractivity contribution >= 4 is 27.3 Å². The molecule has 0 heterocycles. The molecule has 0 radical (unpaired) electrons. The van der Waals surface area contributed by atoms with Gasteiger partial charge < -0.3 is 4.90 Å². The molecule has 0 fully saturated rings. The largest absolute Gasteiger partial charge is 0.377 e. The van der Waals surface area contributed by atoms with Crippen LogP contribution in [0.25, 0.3) is 0 Å². The zero-order valence-corrected chi connectivity index (χ0v) is 9.83. The monoisotopic (exact) mass is 258 g/mol. The van der Waals surface area contributed by atoms with Gasteiger partial charge >= 0.3 is 0 Å². The molecule has 0 aliphatic carbocycles. The van der Waals surface area contributed by atoms with Crippen molar-refractivity contribution in [3.8, 4) is 0 Å². The summed E-state index contributed by atoms with van der Waals surface area (Å²) >= 11 is 3.20. The van der Waals surface area contributed by atoms with Crippen LogP contribution in [0.15, 0.2) is 16.6 Å². The van der Waals surface area contributed by atoms with Gasteiger partial charge in [0, 0.05) is 25.8 Å². The van der Waals surface area contributed by atoms with E-state index < -0.39 is 0 Å². The summed E-state index contributed by atoms with van der Waals surface area (Å²) in [5.74, 6) is 0. The van der Waals surface area contributed by atoms with Gasteiger partial charge in [-0.15, -0.1) is 0 Å². The number of benzene rings is 1. The Bertz CT molecular complexity index is 377. The van der Waals surface area contributed by atoms with E-state index in [0.717, 1.165) is 11.3 Å². The smallest absolute Gasteiger partial charge is 0.285 e. The van der Waals surface area contributed by atoms with Gasteiger partial charge in [-0.1, -0.05) is 0 Å². The second kappa shape index (κ2) is 3.96. The third-order valence-electron chi connectivity index (χ3n) is 1.93. The SMILES string of the molecule is Cc1cc(N(C)C)cc([N+](=O)[O-])c1Br. The Labute approximate surface area is 90.8 Å². The number of aryl methyl sites for hydroxylation is 1. The second-order valence-electron chi connectivity index (χ2n) is 3.25. The Morgan fingerprint density at radius 1 is 1.43 bits per heavy atom. The average molecular weight is 259 g/mol. The third-order valence-corrected chi connectivity index (χ3v) is 2.96. The molecule has 0 spiro atoms. The van der Waals surface area contributed by atoms with Crippen molar-refractivity contribution in [2.24, 2.45) is 0 Å². The Morgan fingerprint density at radius 3 is 2.43 bits per heavy atom. The van der Waals surface area contributed by atoms with Crippen LogP contribution in [0.1, 0.15) is 5.56 Å². The van der Waals surface area contributed by atoms with Gasteiger partial charge in [-0.05, 0) is 34.5 Å². The molecular formula is C9H11BrN2O2. The van der Waals surface area contributed by atoms with Crippen LogP contribution in [-0.2, 0) is 0 Å². The molecule has 0 aliphatic heterocycles. The Morgan fingerprint density at radius 2 is 2.00 bits per heavy atom. The lowest BCUT2D eigenvalue weighted by Crippen LogP contribution is -2.09. The van der Waals surface area contributed by atoms with Crippen LogP contribution in [0, 0.1) is 17.0 Å². The van der Waals surface area contributed by atoms with E-state index >= 15 is 0 Å². The molecule has 5 heteroatoms. The minimum Gasteiger partial charge on any atom is -0.377 e. The van der Waals surface area contributed by atoms with Crippen molar-refractivity contribution in [2.45, 2.75) is 6.92 Å². The predicted molar refractivity (Wildman–Crippen MR) is 59.9 cm³/mol. The summed E-state index contributed by atoms with van der Waals surface area (Å²) in [7, 11) is 3.71. The minimum absolute atomic E-state index is 0.105. The summed E-state index contributed by atoms with van der Waals surface area (Å²) in [4.78, 5) is 12.2. The van der Waals surface area contributed by atoms with Gasteiger partial charge in [-0.25, -0.2) is 0 Å². The quantitative estimate of drug-likeness (QED) is 0.606. The highest BCUT2D eigenvalue weighted by Gasteiger charge is 2.15. The van der Waals surface area contributed by atoms with Gasteiger partial charge in [0.15, 0.2) is 0 Å². The number of nitro benzene ring substituents is 1. The summed E-state index contributed by atoms with van der Waals surface area (Å²) in [6.07, 6.45) is 0. The fraction of sp³-hybridized carbons (Fsp3) is 0.333. The molecule has 76 valence electrons. The van der Waals surface area contributed by atoms with Crippen molar-refractivity contribution in [3.63, 3.8) is 0 Å². The Hall–Kier alpha value is -1.10. The van der Waals surface area contributed by atoms with Crippen LogP contribution in [0.3, 0.4) is 0 Å². The fourth-order valence-corrected chi connectivity index (χ4v) is 1.50. The van der Waals surface area contributed by atoms with Gasteiger partial charge in [0.25, 0.3) is 5.69 Å². The molecule has 0 unspecified atom stereocenters. The number of halogens is 1. The van der Waals surface area contributed by atoms with Crippen molar-refractivity contribution in [3.05, 3.63) is 32.3 Å². The van der Waals surface area contributed by atoms with E-state index in [-0.39, 0.29) is 10.6 Å². The van der Waals surface area contributed by atoms with Gasteiger partial charge in [0.05, 0.1) is 9.40 Å². The summed E-state index contributed by atoms with van der Waals surface area (Å²) in [6.45, 7) is 1.84. The zero-order chi connectivity index (χ0) is 10.9. The lowest BCUT2D eigenvalue weighted by atomic mass is 10.2. The minimum atomic E-state index is -0.385. The molecule has 0 aromatic heterocycles. The summed E-state index contributed by atoms with van der Waals surface area (Å²) in [5, 5.41) is 10.7. The van der Waals surface area contributed by atoms with Gasteiger partial charge in [-0.3, -0.25) is 10.1 Å². The van der Waals surface area contributed by atoms with E-state index in [2.05, 4.69) is 15.9 Å². The second-order valence-corrected chi connectivity index (χ2v) is 4.04. The first kappa shape index (κ1) is 11.0. The van der Waals surface area contributed by atoms with E-state index in [1.54, 1.807) is 6.07 Å². The van der Waals surface area contributed by atoms with E-state index in [9.17, 15) is 10.1 Å². The molecule has 4 nitrogen and oxygen atoms in total. The van der Waals surface area contributed by atoms with Crippen molar-refractivity contribution < 1.29 is 4.92 Å². The number of rotatable bonds is 2. The van der Waals surface area contributed by atoms with E-state index in [4.69, 9.17) is 0 Å². The fourth-order valence-electron chi connectivity index (χ4n) is 1.12. The Kier molecular flexibility index (Phi) is 3.10. The van der Waals surface area contributed by atoms with Crippen LogP contribution in [0.2, 0.25) is 0 Å². The molecule has 0 saturated carbocycles. The topological polar surface area (TPSA) is 46.4 Å². The van der Waals surface area contributed by atoms with Gasteiger partial charge in [0.1, 0.15) is 0 Å². The Balaban J connectivity index is 3.35. The molecule has 0 bridgehead atoms. The number of hydrogen-bond acceptors (Lipinski definition) is 3. The number of nitro groups is 1. The summed E-state index contributed by atoms with van der Waals surface area (Å²) < 4.78 is 0.549. The van der Waals surface area contributed by atoms with Gasteiger partial charge in [0.2, 0.25) is 0 Å². The molecular weight excluding hydrogens is 248 g/mol. The third kappa shape index (κ3) is 2.04. The average Bonchev–Trinajstić information content (AvgIpc) is 2.08. The van der Waals surface area contributed by atoms with Gasteiger partial charge in [-0.2, -0.15) is 0 Å². The molecule has 1 aromatic carbocycles. The van der Waals surface area contributed by atoms with Crippen LogP contribution < -0.4 is 4.90 Å². The zero-order valence-electron chi connectivity index (χ0n) is 8.24. The normalized spacial score (nSPS) is 10.0.